The first kappa shape index (κ1) is 18.5. The minimum absolute atomic E-state index is 0.00289. The minimum Gasteiger partial charge on any atom is -0.338 e. The van der Waals surface area contributed by atoms with Crippen molar-refractivity contribution in [2.75, 3.05) is 6.54 Å². The van der Waals surface area contributed by atoms with E-state index < -0.39 is 17.6 Å². The monoisotopic (exact) mass is 405 g/mol. The molecule has 0 bridgehead atoms. The Hall–Kier alpha value is -2.88. The van der Waals surface area contributed by atoms with E-state index in [4.69, 9.17) is 0 Å². The molecule has 10 heteroatoms. The van der Waals surface area contributed by atoms with Crippen LogP contribution in [-0.4, -0.2) is 37.8 Å². The third-order valence-electron chi connectivity index (χ3n) is 4.16. The SMILES string of the molecule is CC1CN=C(NC(=O)c2cccc3[nH]c(-c4cnccc4C(F)(F)F)nc23)S1. The Morgan fingerprint density at radius 2 is 2.14 bits per heavy atom. The number of carbonyl (C=O) groups excluding carboxylic acids is 1. The van der Waals surface area contributed by atoms with E-state index in [0.29, 0.717) is 17.2 Å². The molecule has 6 nitrogen and oxygen atoms in total. The highest BCUT2D eigenvalue weighted by molar-refractivity contribution is 8.14. The van der Waals surface area contributed by atoms with Crippen molar-refractivity contribution in [3.63, 3.8) is 0 Å². The number of carbonyl (C=O) groups is 1. The summed E-state index contributed by atoms with van der Waals surface area (Å²) in [5, 5.41) is 3.54. The van der Waals surface area contributed by atoms with E-state index >= 15 is 0 Å². The quantitative estimate of drug-likeness (QED) is 0.678. The summed E-state index contributed by atoms with van der Waals surface area (Å²) in [6, 6.07) is 5.75. The van der Waals surface area contributed by atoms with E-state index in [1.807, 2.05) is 6.92 Å². The standard InChI is InChI=1S/C18H14F3N5OS/c1-9-7-23-17(28-9)26-16(27)10-3-2-4-13-14(10)25-15(24-13)11-8-22-6-5-12(11)18(19,20)21/h2-6,8-9H,7H2,1H3,(H,24,25)(H,23,26,27). The van der Waals surface area contributed by atoms with Gasteiger partial charge in [0.2, 0.25) is 0 Å². The number of hydrogen-bond donors (Lipinski definition) is 2. The Morgan fingerprint density at radius 1 is 1.32 bits per heavy atom. The summed E-state index contributed by atoms with van der Waals surface area (Å²) in [6.45, 7) is 2.62. The maximum atomic E-state index is 13.3. The number of amides is 1. The van der Waals surface area contributed by atoms with Crippen LogP contribution in [0, 0.1) is 0 Å². The molecule has 0 fully saturated rings. The van der Waals surface area contributed by atoms with E-state index in [2.05, 4.69) is 25.3 Å². The number of amidine groups is 1. The molecule has 1 atom stereocenters. The fourth-order valence-electron chi connectivity index (χ4n) is 2.88. The van der Waals surface area contributed by atoms with Crippen molar-refractivity contribution in [3.05, 3.63) is 47.8 Å². The molecule has 0 saturated heterocycles. The Kier molecular flexibility index (Phi) is 4.58. The van der Waals surface area contributed by atoms with E-state index in [9.17, 15) is 18.0 Å². The number of nitrogens with one attached hydrogen (secondary N) is 2. The second kappa shape index (κ2) is 6.93. The van der Waals surface area contributed by atoms with Gasteiger partial charge in [-0.25, -0.2) is 4.98 Å². The van der Waals surface area contributed by atoms with Crippen LogP contribution in [0.2, 0.25) is 0 Å². The molecule has 1 aliphatic heterocycles. The van der Waals surface area contributed by atoms with Gasteiger partial charge in [0.15, 0.2) is 5.17 Å². The van der Waals surface area contributed by atoms with Crippen LogP contribution in [0.1, 0.15) is 22.8 Å². The van der Waals surface area contributed by atoms with Crippen LogP contribution in [0.15, 0.2) is 41.7 Å². The predicted octanol–water partition coefficient (Wildman–Crippen LogP) is 3.86. The number of aliphatic imine (C=N–C) groups is 1. The lowest BCUT2D eigenvalue weighted by Gasteiger charge is -2.09. The number of thioether (sulfide) groups is 1. The number of H-pyrrole nitrogens is 1. The third-order valence-corrected chi connectivity index (χ3v) is 5.17. The van der Waals surface area contributed by atoms with Crippen molar-refractivity contribution in [2.24, 2.45) is 4.99 Å². The molecule has 0 aliphatic carbocycles. The average Bonchev–Trinajstić information content (AvgIpc) is 3.26. The number of aromatic amines is 1. The zero-order valence-electron chi connectivity index (χ0n) is 14.5. The lowest BCUT2D eigenvalue weighted by molar-refractivity contribution is -0.137. The highest BCUT2D eigenvalue weighted by Gasteiger charge is 2.34. The molecule has 0 spiro atoms. The Morgan fingerprint density at radius 3 is 2.86 bits per heavy atom. The smallest absolute Gasteiger partial charge is 0.338 e. The number of nitrogens with zero attached hydrogens (tertiary/aromatic N) is 3. The van der Waals surface area contributed by atoms with Gasteiger partial charge >= 0.3 is 6.18 Å². The predicted molar refractivity (Wildman–Crippen MR) is 101 cm³/mol. The first-order chi connectivity index (χ1) is 13.3. The molecule has 3 heterocycles. The average molecular weight is 405 g/mol. The number of para-hydroxylation sites is 1. The van der Waals surface area contributed by atoms with Gasteiger partial charge in [-0.3, -0.25) is 14.8 Å². The highest BCUT2D eigenvalue weighted by Crippen LogP contribution is 2.36. The maximum absolute atomic E-state index is 13.3. The van der Waals surface area contributed by atoms with Crippen molar-refractivity contribution < 1.29 is 18.0 Å². The second-order valence-electron chi connectivity index (χ2n) is 6.23. The number of benzene rings is 1. The summed E-state index contributed by atoms with van der Waals surface area (Å²) in [6.07, 6.45) is -2.37. The molecule has 144 valence electrons. The van der Waals surface area contributed by atoms with Crippen molar-refractivity contribution in [1.29, 1.82) is 0 Å². The molecule has 1 aromatic carbocycles. The minimum atomic E-state index is -4.55. The molecule has 4 rings (SSSR count). The summed E-state index contributed by atoms with van der Waals surface area (Å²) in [7, 11) is 0. The number of alkyl halides is 3. The number of imidazole rings is 1. The van der Waals surface area contributed by atoms with Crippen LogP contribution < -0.4 is 5.32 Å². The van der Waals surface area contributed by atoms with E-state index in [1.165, 1.54) is 11.8 Å². The lowest BCUT2D eigenvalue weighted by Crippen LogP contribution is -2.27. The fourth-order valence-corrected chi connectivity index (χ4v) is 3.71. The first-order valence-electron chi connectivity index (χ1n) is 8.35. The molecular weight excluding hydrogens is 391 g/mol. The molecule has 1 aliphatic rings. The van der Waals surface area contributed by atoms with Gasteiger partial charge < -0.3 is 10.3 Å². The summed E-state index contributed by atoms with van der Waals surface area (Å²) in [4.78, 5) is 27.8. The van der Waals surface area contributed by atoms with Crippen molar-refractivity contribution >= 4 is 33.9 Å². The number of hydrogen-bond acceptors (Lipinski definition) is 5. The maximum Gasteiger partial charge on any atom is 0.417 e. The summed E-state index contributed by atoms with van der Waals surface area (Å²) < 4.78 is 39.9. The van der Waals surface area contributed by atoms with E-state index in [1.54, 1.807) is 18.2 Å². The van der Waals surface area contributed by atoms with Crippen LogP contribution in [0.5, 0.6) is 0 Å². The van der Waals surface area contributed by atoms with Crippen LogP contribution in [-0.2, 0) is 6.18 Å². The molecule has 1 amide bonds. The van der Waals surface area contributed by atoms with Crippen molar-refractivity contribution in [1.82, 2.24) is 20.3 Å². The molecule has 0 radical (unpaired) electrons. The fraction of sp³-hybridized carbons (Fsp3) is 0.222. The van der Waals surface area contributed by atoms with Crippen LogP contribution in [0.3, 0.4) is 0 Å². The zero-order valence-corrected chi connectivity index (χ0v) is 15.4. The zero-order chi connectivity index (χ0) is 19.9. The molecule has 3 aromatic rings. The molecule has 2 aromatic heterocycles. The van der Waals surface area contributed by atoms with Gasteiger partial charge in [-0.05, 0) is 18.2 Å². The van der Waals surface area contributed by atoms with Gasteiger partial charge in [0.1, 0.15) is 11.3 Å². The van der Waals surface area contributed by atoms with Gasteiger partial charge in [0.05, 0.1) is 23.2 Å². The Labute approximate surface area is 161 Å². The van der Waals surface area contributed by atoms with Crippen molar-refractivity contribution in [3.8, 4) is 11.4 Å². The number of rotatable bonds is 2. The van der Waals surface area contributed by atoms with E-state index in [-0.39, 0.29) is 27.7 Å². The number of pyridine rings is 1. The molecule has 0 saturated carbocycles. The largest absolute Gasteiger partial charge is 0.417 e. The molecule has 28 heavy (non-hydrogen) atoms. The van der Waals surface area contributed by atoms with Crippen LogP contribution >= 0.6 is 11.8 Å². The van der Waals surface area contributed by atoms with Crippen LogP contribution in [0.4, 0.5) is 13.2 Å². The normalized spacial score (nSPS) is 17.0. The van der Waals surface area contributed by atoms with Gasteiger partial charge in [-0.1, -0.05) is 24.8 Å². The lowest BCUT2D eigenvalue weighted by atomic mass is 10.1. The van der Waals surface area contributed by atoms with E-state index in [0.717, 1.165) is 18.5 Å². The van der Waals surface area contributed by atoms with Crippen LogP contribution in [0.25, 0.3) is 22.4 Å². The van der Waals surface area contributed by atoms with Gasteiger partial charge in [-0.15, -0.1) is 0 Å². The Bertz CT molecular complexity index is 1090. The summed E-state index contributed by atoms with van der Waals surface area (Å²) >= 11 is 1.46. The van der Waals surface area contributed by atoms with Gasteiger partial charge in [0.25, 0.3) is 5.91 Å². The molecular formula is C18H14F3N5OS. The first-order valence-corrected chi connectivity index (χ1v) is 9.23. The van der Waals surface area contributed by atoms with Gasteiger partial charge in [-0.2, -0.15) is 13.2 Å². The number of fused-ring (bicyclic) bond motifs is 1. The summed E-state index contributed by atoms with van der Waals surface area (Å²) in [5.41, 5.74) is -0.0432. The van der Waals surface area contributed by atoms with Gasteiger partial charge in [0, 0.05) is 23.2 Å². The molecule has 1 unspecified atom stereocenters. The number of halogens is 3. The second-order valence-corrected chi connectivity index (χ2v) is 7.66. The topological polar surface area (TPSA) is 83.0 Å². The molecule has 2 N–H and O–H groups in total. The van der Waals surface area contributed by atoms with Crippen molar-refractivity contribution in [2.45, 2.75) is 18.3 Å². The third kappa shape index (κ3) is 3.47. The summed E-state index contributed by atoms with van der Waals surface area (Å²) in [5.74, 6) is -0.414. The highest BCUT2D eigenvalue weighted by atomic mass is 32.2. The Balaban J connectivity index is 1.74. The number of aromatic nitrogens is 3.